The van der Waals surface area contributed by atoms with E-state index >= 15 is 0 Å². The van der Waals surface area contributed by atoms with Gasteiger partial charge in [-0.1, -0.05) is 5.21 Å². The van der Waals surface area contributed by atoms with E-state index in [1.54, 1.807) is 30.0 Å². The van der Waals surface area contributed by atoms with Crippen LogP contribution in [-0.4, -0.2) is 81.8 Å². The molecule has 0 saturated carbocycles. The van der Waals surface area contributed by atoms with E-state index in [9.17, 15) is 9.59 Å². The molecule has 1 fully saturated rings. The van der Waals surface area contributed by atoms with Gasteiger partial charge in [-0.15, -0.1) is 5.10 Å². The second-order valence-electron chi connectivity index (χ2n) is 6.99. The van der Waals surface area contributed by atoms with E-state index in [0.717, 1.165) is 0 Å². The van der Waals surface area contributed by atoms with Crippen LogP contribution in [0.5, 0.6) is 11.5 Å². The van der Waals surface area contributed by atoms with Gasteiger partial charge in [0.2, 0.25) is 11.6 Å². The molecule has 2 aromatic heterocycles. The zero-order valence-corrected chi connectivity index (χ0v) is 18.3. The maximum Gasteiger partial charge on any atom is 0.415 e. The molecule has 2 amide bonds. The lowest BCUT2D eigenvalue weighted by atomic mass is 10.2. The fourth-order valence-corrected chi connectivity index (χ4v) is 3.05. The van der Waals surface area contributed by atoms with Crippen LogP contribution in [0.15, 0.2) is 27.9 Å². The highest BCUT2D eigenvalue weighted by atomic mass is 16.6. The molecule has 0 spiro atoms. The summed E-state index contributed by atoms with van der Waals surface area (Å²) in [5.41, 5.74) is 8.98. The van der Waals surface area contributed by atoms with Crippen LogP contribution >= 0.6 is 0 Å². The summed E-state index contributed by atoms with van der Waals surface area (Å²) in [6.45, 7) is 3.46. The molecule has 3 heterocycles. The Kier molecular flexibility index (Phi) is 6.63. The zero-order chi connectivity index (χ0) is 24.1. The Morgan fingerprint density at radius 2 is 2.03 bits per heavy atom. The molecular formula is C19H21N9O6. The highest BCUT2D eigenvalue weighted by Crippen LogP contribution is 2.28. The Bertz CT molecular complexity index is 1210. The summed E-state index contributed by atoms with van der Waals surface area (Å²) in [7, 11) is 1.45. The quantitative estimate of drug-likeness (QED) is 0.368. The summed E-state index contributed by atoms with van der Waals surface area (Å²) in [4.78, 5) is 26.3. The minimum atomic E-state index is -0.599. The average Bonchev–Trinajstić information content (AvgIpc) is 3.45. The summed E-state index contributed by atoms with van der Waals surface area (Å²) in [6.07, 6.45) is 0.912. The van der Waals surface area contributed by atoms with Crippen molar-refractivity contribution in [1.29, 1.82) is 0 Å². The smallest absolute Gasteiger partial charge is 0.415 e. The SMILES string of the molecule is COc1cc(/C=N\NC(=O)c2nnn(-c3nonc3N)c2C)ccc1OC(=O)N1CCOCC1. The third-order valence-corrected chi connectivity index (χ3v) is 4.84. The standard InChI is InChI=1S/C19H21N9O6/c1-11-15(22-26-28(11)17-16(20)24-34-25-17)18(29)23-21-10-12-3-4-13(14(9-12)31-2)33-19(30)27-5-7-32-8-6-27/h3-4,9-10H,5-8H2,1-2H3,(H2,20,24)(H,23,29)/b21-10-. The number of nitrogens with two attached hydrogens (primary N) is 1. The van der Waals surface area contributed by atoms with Crippen molar-refractivity contribution in [3.8, 4) is 17.3 Å². The van der Waals surface area contributed by atoms with Gasteiger partial charge >= 0.3 is 6.09 Å². The van der Waals surface area contributed by atoms with Gasteiger partial charge in [0.25, 0.3) is 5.91 Å². The average molecular weight is 471 g/mol. The third kappa shape index (κ3) is 4.78. The van der Waals surface area contributed by atoms with Gasteiger partial charge in [0, 0.05) is 13.1 Å². The topological polar surface area (TPSA) is 185 Å². The number of carbonyl (C=O) groups excluding carboxylic acids is 2. The number of hydrogen-bond acceptors (Lipinski definition) is 12. The van der Waals surface area contributed by atoms with Crippen molar-refractivity contribution in [2.45, 2.75) is 6.92 Å². The van der Waals surface area contributed by atoms with Crippen LogP contribution in [0.25, 0.3) is 5.82 Å². The summed E-state index contributed by atoms with van der Waals surface area (Å²) >= 11 is 0. The molecule has 15 heteroatoms. The van der Waals surface area contributed by atoms with Crippen LogP contribution in [0.1, 0.15) is 21.7 Å². The van der Waals surface area contributed by atoms with E-state index in [4.69, 9.17) is 19.9 Å². The molecule has 1 aliphatic heterocycles. The Hall–Kier alpha value is -4.53. The Labute approximate surface area is 192 Å². The number of rotatable bonds is 6. The van der Waals surface area contributed by atoms with Gasteiger partial charge in [-0.05, 0) is 41.0 Å². The molecule has 1 aromatic carbocycles. The first-order valence-electron chi connectivity index (χ1n) is 10.0. The number of morpholine rings is 1. The van der Waals surface area contributed by atoms with Crippen molar-refractivity contribution in [2.24, 2.45) is 5.10 Å². The lowest BCUT2D eigenvalue weighted by Gasteiger charge is -2.26. The second kappa shape index (κ2) is 9.95. The first-order chi connectivity index (χ1) is 16.5. The van der Waals surface area contributed by atoms with Gasteiger partial charge in [-0.3, -0.25) is 4.79 Å². The van der Waals surface area contributed by atoms with Gasteiger partial charge in [-0.2, -0.15) is 9.78 Å². The number of methoxy groups -OCH3 is 1. The first-order valence-corrected chi connectivity index (χ1v) is 10.0. The molecule has 0 aliphatic carbocycles. The zero-order valence-electron chi connectivity index (χ0n) is 18.3. The number of benzene rings is 1. The molecular weight excluding hydrogens is 450 g/mol. The predicted molar refractivity (Wildman–Crippen MR) is 115 cm³/mol. The van der Waals surface area contributed by atoms with E-state index in [-0.39, 0.29) is 23.1 Å². The maximum atomic E-state index is 12.4. The van der Waals surface area contributed by atoms with E-state index in [1.807, 2.05) is 0 Å². The predicted octanol–water partition coefficient (Wildman–Crippen LogP) is 0.144. The van der Waals surface area contributed by atoms with Crippen LogP contribution in [0.3, 0.4) is 0 Å². The van der Waals surface area contributed by atoms with Crippen molar-refractivity contribution < 1.29 is 28.4 Å². The Morgan fingerprint density at radius 1 is 1.24 bits per heavy atom. The number of ether oxygens (including phenoxy) is 3. The van der Waals surface area contributed by atoms with Crippen LogP contribution < -0.4 is 20.6 Å². The first kappa shape index (κ1) is 22.7. The van der Waals surface area contributed by atoms with Crippen molar-refractivity contribution in [3.63, 3.8) is 0 Å². The van der Waals surface area contributed by atoms with Crippen molar-refractivity contribution in [2.75, 3.05) is 39.1 Å². The summed E-state index contributed by atoms with van der Waals surface area (Å²) in [6, 6.07) is 4.84. The van der Waals surface area contributed by atoms with Crippen LogP contribution in [0, 0.1) is 6.92 Å². The molecule has 34 heavy (non-hydrogen) atoms. The molecule has 3 aromatic rings. The molecule has 15 nitrogen and oxygen atoms in total. The van der Waals surface area contributed by atoms with Crippen molar-refractivity contribution in [3.05, 3.63) is 35.2 Å². The lowest BCUT2D eigenvalue weighted by Crippen LogP contribution is -2.42. The number of carbonyl (C=O) groups is 2. The summed E-state index contributed by atoms with van der Waals surface area (Å²) in [5, 5.41) is 18.7. The van der Waals surface area contributed by atoms with Gasteiger partial charge in [-0.25, -0.2) is 14.8 Å². The van der Waals surface area contributed by atoms with Gasteiger partial charge in [0.1, 0.15) is 0 Å². The van der Waals surface area contributed by atoms with Crippen molar-refractivity contribution in [1.82, 2.24) is 35.6 Å². The third-order valence-electron chi connectivity index (χ3n) is 4.84. The highest BCUT2D eigenvalue weighted by Gasteiger charge is 2.21. The number of nitrogen functional groups attached to an aromatic ring is 1. The lowest BCUT2D eigenvalue weighted by molar-refractivity contribution is 0.0413. The summed E-state index contributed by atoms with van der Waals surface area (Å²) in [5.74, 6) is 0.113. The highest BCUT2D eigenvalue weighted by molar-refractivity contribution is 5.94. The number of nitrogens with zero attached hydrogens (tertiary/aromatic N) is 7. The van der Waals surface area contributed by atoms with E-state index in [1.165, 1.54) is 18.0 Å². The fourth-order valence-electron chi connectivity index (χ4n) is 3.05. The normalized spacial score (nSPS) is 13.8. The summed E-state index contributed by atoms with van der Waals surface area (Å²) < 4.78 is 21.7. The fraction of sp³-hybridized carbons (Fsp3) is 0.316. The maximum absolute atomic E-state index is 12.4. The molecule has 3 N–H and O–H groups in total. The van der Waals surface area contributed by atoms with E-state index in [0.29, 0.717) is 43.3 Å². The molecule has 1 saturated heterocycles. The molecule has 0 radical (unpaired) electrons. The number of aromatic nitrogens is 5. The number of hydrogen-bond donors (Lipinski definition) is 2. The van der Waals surface area contributed by atoms with Gasteiger partial charge in [0.05, 0.1) is 32.2 Å². The number of anilines is 1. The second-order valence-corrected chi connectivity index (χ2v) is 6.99. The monoisotopic (exact) mass is 471 g/mol. The largest absolute Gasteiger partial charge is 0.493 e. The van der Waals surface area contributed by atoms with Gasteiger partial charge in [0.15, 0.2) is 17.2 Å². The molecule has 0 unspecified atom stereocenters. The minimum absolute atomic E-state index is 0.00555. The van der Waals surface area contributed by atoms with Crippen LogP contribution in [0.4, 0.5) is 10.6 Å². The molecule has 1 aliphatic rings. The van der Waals surface area contributed by atoms with Crippen molar-refractivity contribution >= 4 is 24.0 Å². The van der Waals surface area contributed by atoms with Crippen LogP contribution in [0.2, 0.25) is 0 Å². The number of nitrogens with one attached hydrogen (secondary N) is 1. The van der Waals surface area contributed by atoms with E-state index < -0.39 is 12.0 Å². The van der Waals surface area contributed by atoms with E-state index in [2.05, 4.69) is 35.8 Å². The molecule has 178 valence electrons. The molecule has 0 atom stereocenters. The number of amides is 2. The van der Waals surface area contributed by atoms with Crippen LogP contribution in [-0.2, 0) is 4.74 Å². The molecule has 4 rings (SSSR count). The minimum Gasteiger partial charge on any atom is -0.493 e. The molecule has 0 bridgehead atoms. The Balaban J connectivity index is 1.40. The Morgan fingerprint density at radius 3 is 2.74 bits per heavy atom. The number of hydrazone groups is 1. The van der Waals surface area contributed by atoms with Gasteiger partial charge < -0.3 is 24.8 Å².